The van der Waals surface area contributed by atoms with Crippen LogP contribution >= 0.6 is 0 Å². The predicted octanol–water partition coefficient (Wildman–Crippen LogP) is 3.55. The van der Waals surface area contributed by atoms with Crippen LogP contribution in [0.3, 0.4) is 0 Å². The maximum absolute atomic E-state index is 13.8. The largest absolute Gasteiger partial charge is 0.493 e. The van der Waals surface area contributed by atoms with Crippen molar-refractivity contribution in [3.05, 3.63) is 53.3 Å². The molecule has 1 aliphatic heterocycles. The fourth-order valence-corrected chi connectivity index (χ4v) is 2.61. The van der Waals surface area contributed by atoms with E-state index in [-0.39, 0.29) is 11.9 Å². The summed E-state index contributed by atoms with van der Waals surface area (Å²) in [7, 11) is 3.22. The molecule has 0 radical (unpaired) electrons. The lowest BCUT2D eigenvalue weighted by atomic mass is 10.0. The van der Waals surface area contributed by atoms with Gasteiger partial charge in [-0.25, -0.2) is 4.39 Å². The van der Waals surface area contributed by atoms with E-state index >= 15 is 0 Å². The molecule has 104 valence electrons. The highest BCUT2D eigenvalue weighted by molar-refractivity contribution is 5.59. The monoisotopic (exact) mass is 273 g/mol. The van der Waals surface area contributed by atoms with Gasteiger partial charge in [-0.05, 0) is 29.8 Å². The van der Waals surface area contributed by atoms with Crippen molar-refractivity contribution in [1.29, 1.82) is 0 Å². The zero-order chi connectivity index (χ0) is 14.1. The molecule has 1 unspecified atom stereocenters. The molecular formula is C16H16FNO2. The van der Waals surface area contributed by atoms with Crippen LogP contribution < -0.4 is 14.8 Å². The van der Waals surface area contributed by atoms with Crippen molar-refractivity contribution in [3.8, 4) is 11.5 Å². The molecule has 3 nitrogen and oxygen atoms in total. The molecule has 4 heteroatoms. The highest BCUT2D eigenvalue weighted by Gasteiger charge is 2.25. The summed E-state index contributed by atoms with van der Waals surface area (Å²) in [6, 6.07) is 11.0. The number of anilines is 1. The lowest BCUT2D eigenvalue weighted by Gasteiger charge is -2.14. The third-order valence-electron chi connectivity index (χ3n) is 3.67. The lowest BCUT2D eigenvalue weighted by molar-refractivity contribution is 0.354. The van der Waals surface area contributed by atoms with Crippen molar-refractivity contribution in [1.82, 2.24) is 0 Å². The van der Waals surface area contributed by atoms with E-state index in [0.717, 1.165) is 16.8 Å². The topological polar surface area (TPSA) is 30.5 Å². The maximum Gasteiger partial charge on any atom is 0.161 e. The number of ether oxygens (including phenoxy) is 2. The fraction of sp³-hybridized carbons (Fsp3) is 0.250. The molecule has 0 spiro atoms. The summed E-state index contributed by atoms with van der Waals surface area (Å²) in [5.74, 6) is 1.22. The second-order valence-corrected chi connectivity index (χ2v) is 4.78. The van der Waals surface area contributed by atoms with Gasteiger partial charge in [-0.15, -0.1) is 0 Å². The lowest BCUT2D eigenvalue weighted by Crippen LogP contribution is -2.06. The van der Waals surface area contributed by atoms with Crippen LogP contribution in [-0.4, -0.2) is 14.2 Å². The van der Waals surface area contributed by atoms with Gasteiger partial charge >= 0.3 is 0 Å². The van der Waals surface area contributed by atoms with Crippen LogP contribution in [-0.2, 0) is 6.42 Å². The van der Waals surface area contributed by atoms with Crippen molar-refractivity contribution in [3.63, 3.8) is 0 Å². The average Bonchev–Trinajstić information content (AvgIpc) is 2.92. The summed E-state index contributed by atoms with van der Waals surface area (Å²) < 4.78 is 24.3. The summed E-state index contributed by atoms with van der Waals surface area (Å²) in [5.41, 5.74) is 2.66. The summed E-state index contributed by atoms with van der Waals surface area (Å²) in [4.78, 5) is 0. The number of fused-ring (bicyclic) bond motifs is 1. The van der Waals surface area contributed by atoms with E-state index in [9.17, 15) is 4.39 Å². The van der Waals surface area contributed by atoms with Crippen LogP contribution in [0.5, 0.6) is 11.5 Å². The van der Waals surface area contributed by atoms with Crippen LogP contribution in [0, 0.1) is 5.82 Å². The molecule has 2 aromatic rings. The summed E-state index contributed by atoms with van der Waals surface area (Å²) in [5, 5.41) is 3.34. The molecular weight excluding hydrogens is 257 g/mol. The van der Waals surface area contributed by atoms with Crippen molar-refractivity contribution in [2.24, 2.45) is 0 Å². The van der Waals surface area contributed by atoms with Gasteiger partial charge in [0.15, 0.2) is 11.5 Å². The van der Waals surface area contributed by atoms with E-state index in [4.69, 9.17) is 9.47 Å². The first-order valence-electron chi connectivity index (χ1n) is 6.48. The first-order chi connectivity index (χ1) is 9.72. The number of hydrogen-bond acceptors (Lipinski definition) is 3. The molecule has 1 atom stereocenters. The Labute approximate surface area is 117 Å². The first kappa shape index (κ1) is 12.8. The SMILES string of the molecule is COc1ccc(C2Cc3c(F)cccc3N2)cc1OC. The number of halogens is 1. The van der Waals surface area contributed by atoms with E-state index in [2.05, 4.69) is 5.32 Å². The normalized spacial score (nSPS) is 16.4. The van der Waals surface area contributed by atoms with Crippen molar-refractivity contribution >= 4 is 5.69 Å². The molecule has 3 rings (SSSR count). The Hall–Kier alpha value is -2.23. The summed E-state index contributed by atoms with van der Waals surface area (Å²) >= 11 is 0. The molecule has 1 aliphatic rings. The molecule has 0 amide bonds. The number of nitrogens with one attached hydrogen (secondary N) is 1. The molecule has 20 heavy (non-hydrogen) atoms. The van der Waals surface area contributed by atoms with Gasteiger partial charge in [-0.3, -0.25) is 0 Å². The first-order valence-corrected chi connectivity index (χ1v) is 6.48. The van der Waals surface area contributed by atoms with Gasteiger partial charge in [0.25, 0.3) is 0 Å². The molecule has 0 aliphatic carbocycles. The Morgan fingerprint density at radius 3 is 2.60 bits per heavy atom. The molecule has 0 aromatic heterocycles. The average molecular weight is 273 g/mol. The Bertz CT molecular complexity index is 642. The van der Waals surface area contributed by atoms with Gasteiger partial charge in [-0.1, -0.05) is 12.1 Å². The number of rotatable bonds is 3. The number of methoxy groups -OCH3 is 2. The van der Waals surface area contributed by atoms with Gasteiger partial charge < -0.3 is 14.8 Å². The minimum Gasteiger partial charge on any atom is -0.493 e. The van der Waals surface area contributed by atoms with Crippen molar-refractivity contribution in [2.75, 3.05) is 19.5 Å². The predicted molar refractivity (Wildman–Crippen MR) is 76.0 cm³/mol. The molecule has 1 heterocycles. The quantitative estimate of drug-likeness (QED) is 0.927. The molecule has 0 saturated heterocycles. The van der Waals surface area contributed by atoms with E-state index in [0.29, 0.717) is 17.9 Å². The Balaban J connectivity index is 1.91. The Morgan fingerprint density at radius 1 is 1.10 bits per heavy atom. The van der Waals surface area contributed by atoms with E-state index in [1.807, 2.05) is 24.3 Å². The summed E-state index contributed by atoms with van der Waals surface area (Å²) in [6.07, 6.45) is 0.636. The second kappa shape index (κ2) is 5.04. The van der Waals surface area contributed by atoms with Gasteiger partial charge in [0, 0.05) is 17.7 Å². The summed E-state index contributed by atoms with van der Waals surface area (Å²) in [6.45, 7) is 0. The van der Waals surface area contributed by atoms with Gasteiger partial charge in [-0.2, -0.15) is 0 Å². The minimum absolute atomic E-state index is 0.0571. The number of hydrogen-bond donors (Lipinski definition) is 1. The van der Waals surface area contributed by atoms with Gasteiger partial charge in [0.05, 0.1) is 20.3 Å². The third kappa shape index (κ3) is 2.07. The van der Waals surface area contributed by atoms with E-state index in [1.165, 1.54) is 6.07 Å². The molecule has 0 bridgehead atoms. The van der Waals surface area contributed by atoms with Crippen LogP contribution in [0.15, 0.2) is 36.4 Å². The fourth-order valence-electron chi connectivity index (χ4n) is 2.61. The smallest absolute Gasteiger partial charge is 0.161 e. The van der Waals surface area contributed by atoms with E-state index < -0.39 is 0 Å². The highest BCUT2D eigenvalue weighted by Crippen LogP contribution is 2.38. The van der Waals surface area contributed by atoms with Crippen LogP contribution in [0.25, 0.3) is 0 Å². The zero-order valence-corrected chi connectivity index (χ0v) is 11.4. The van der Waals surface area contributed by atoms with Crippen LogP contribution in [0.2, 0.25) is 0 Å². The third-order valence-corrected chi connectivity index (χ3v) is 3.67. The molecule has 0 saturated carbocycles. The van der Waals surface area contributed by atoms with Gasteiger partial charge in [0.2, 0.25) is 0 Å². The molecule has 2 aromatic carbocycles. The molecule has 1 N–H and O–H groups in total. The zero-order valence-electron chi connectivity index (χ0n) is 11.4. The number of benzene rings is 2. The van der Waals surface area contributed by atoms with Crippen LogP contribution in [0.4, 0.5) is 10.1 Å². The molecule has 0 fully saturated rings. The van der Waals surface area contributed by atoms with Gasteiger partial charge in [0.1, 0.15) is 5.82 Å². The minimum atomic E-state index is -0.155. The van der Waals surface area contributed by atoms with E-state index in [1.54, 1.807) is 20.3 Å². The van der Waals surface area contributed by atoms with Crippen molar-refractivity contribution in [2.45, 2.75) is 12.5 Å². The van der Waals surface area contributed by atoms with Crippen LogP contribution in [0.1, 0.15) is 17.2 Å². The standard InChI is InChI=1S/C16H16FNO2/c1-19-15-7-6-10(8-16(15)20-2)14-9-11-12(17)4-3-5-13(11)18-14/h3-8,14,18H,9H2,1-2H3. The Kier molecular flexibility index (Phi) is 3.22. The highest BCUT2D eigenvalue weighted by atomic mass is 19.1. The second-order valence-electron chi connectivity index (χ2n) is 4.78. The van der Waals surface area contributed by atoms with Crippen molar-refractivity contribution < 1.29 is 13.9 Å². The maximum atomic E-state index is 13.8. The Morgan fingerprint density at radius 2 is 1.90 bits per heavy atom.